The monoisotopic (exact) mass is 229 g/mol. The molecule has 1 aliphatic carbocycles. The maximum absolute atomic E-state index is 11.6. The number of carbonyl (C=O) groups is 1. The van der Waals surface area contributed by atoms with E-state index in [0.29, 0.717) is 5.92 Å². The number of alkyl carbamates (subject to hydrolysis) is 1. The van der Waals surface area contributed by atoms with Gasteiger partial charge in [0.25, 0.3) is 0 Å². The maximum atomic E-state index is 11.6. The van der Waals surface area contributed by atoms with Crippen molar-refractivity contribution in [1.29, 1.82) is 0 Å². The molecule has 0 saturated heterocycles. The number of rotatable bonds is 1. The minimum Gasteiger partial charge on any atom is -0.444 e. The average Bonchev–Trinajstić information content (AvgIpc) is 2.06. The van der Waals surface area contributed by atoms with E-state index in [4.69, 9.17) is 4.74 Å². The van der Waals surface area contributed by atoms with E-state index in [1.54, 1.807) is 0 Å². The molecule has 4 heteroatoms. The molecule has 0 aromatic carbocycles. The molecule has 0 spiro atoms. The van der Waals surface area contributed by atoms with Gasteiger partial charge in [0, 0.05) is 6.04 Å². The van der Waals surface area contributed by atoms with Crippen molar-refractivity contribution in [3.63, 3.8) is 0 Å². The molecule has 1 amide bonds. The van der Waals surface area contributed by atoms with E-state index in [-0.39, 0.29) is 18.2 Å². The van der Waals surface area contributed by atoms with Gasteiger partial charge in [0.2, 0.25) is 0 Å². The molecule has 0 aliphatic heterocycles. The van der Waals surface area contributed by atoms with Gasteiger partial charge in [-0.2, -0.15) is 0 Å². The van der Waals surface area contributed by atoms with E-state index in [9.17, 15) is 9.90 Å². The molecule has 1 saturated carbocycles. The quantitative estimate of drug-likeness (QED) is 0.723. The highest BCUT2D eigenvalue weighted by atomic mass is 16.6. The third-order valence-electron chi connectivity index (χ3n) is 2.84. The molecule has 1 rings (SSSR count). The zero-order chi connectivity index (χ0) is 12.3. The van der Waals surface area contributed by atoms with Crippen molar-refractivity contribution in [2.75, 3.05) is 0 Å². The first kappa shape index (κ1) is 13.3. The van der Waals surface area contributed by atoms with E-state index in [1.807, 2.05) is 27.7 Å². The predicted octanol–water partition coefficient (Wildman–Crippen LogP) is 2.06. The average molecular weight is 229 g/mol. The summed E-state index contributed by atoms with van der Waals surface area (Å²) in [5, 5.41) is 12.3. The molecule has 1 unspecified atom stereocenters. The lowest BCUT2D eigenvalue weighted by atomic mass is 9.84. The Kier molecular flexibility index (Phi) is 4.19. The van der Waals surface area contributed by atoms with Crippen LogP contribution in [0.2, 0.25) is 0 Å². The first-order valence-electron chi connectivity index (χ1n) is 5.95. The molecule has 0 heterocycles. The smallest absolute Gasteiger partial charge is 0.407 e. The van der Waals surface area contributed by atoms with Crippen molar-refractivity contribution in [3.05, 3.63) is 0 Å². The SMILES string of the molecule is C[C@@H]1CC(O)CC[C@@H]1NC(=O)OC(C)(C)C. The van der Waals surface area contributed by atoms with Gasteiger partial charge < -0.3 is 15.2 Å². The highest BCUT2D eigenvalue weighted by molar-refractivity contribution is 5.68. The van der Waals surface area contributed by atoms with Gasteiger partial charge in [-0.15, -0.1) is 0 Å². The summed E-state index contributed by atoms with van der Waals surface area (Å²) in [5.41, 5.74) is -0.457. The third-order valence-corrected chi connectivity index (χ3v) is 2.84. The Hall–Kier alpha value is -0.770. The zero-order valence-electron chi connectivity index (χ0n) is 10.6. The molecule has 94 valence electrons. The molecule has 4 nitrogen and oxygen atoms in total. The summed E-state index contributed by atoms with van der Waals surface area (Å²) in [7, 11) is 0. The van der Waals surface area contributed by atoms with Crippen LogP contribution >= 0.6 is 0 Å². The van der Waals surface area contributed by atoms with E-state index in [2.05, 4.69) is 5.32 Å². The van der Waals surface area contributed by atoms with E-state index in [1.165, 1.54) is 0 Å². The Bertz CT molecular complexity index is 247. The molecule has 16 heavy (non-hydrogen) atoms. The highest BCUT2D eigenvalue weighted by Crippen LogP contribution is 2.24. The Balaban J connectivity index is 2.39. The molecule has 1 aliphatic rings. The molecule has 0 bridgehead atoms. The second-order valence-electron chi connectivity index (χ2n) is 5.70. The Morgan fingerprint density at radius 2 is 2.00 bits per heavy atom. The first-order valence-corrected chi connectivity index (χ1v) is 5.95. The van der Waals surface area contributed by atoms with Gasteiger partial charge >= 0.3 is 6.09 Å². The fourth-order valence-electron chi connectivity index (χ4n) is 2.04. The largest absolute Gasteiger partial charge is 0.444 e. The number of aliphatic hydroxyl groups is 1. The third kappa shape index (κ3) is 4.39. The highest BCUT2D eigenvalue weighted by Gasteiger charge is 2.28. The Labute approximate surface area is 97.4 Å². The normalized spacial score (nSPS) is 30.9. The van der Waals surface area contributed by atoms with Gasteiger partial charge in [0.15, 0.2) is 0 Å². The number of hydrogen-bond donors (Lipinski definition) is 2. The van der Waals surface area contributed by atoms with Crippen LogP contribution in [0.15, 0.2) is 0 Å². The predicted molar refractivity (Wildman–Crippen MR) is 62.2 cm³/mol. The number of carbonyl (C=O) groups excluding carboxylic acids is 1. The Morgan fingerprint density at radius 3 is 2.50 bits per heavy atom. The summed E-state index contributed by atoms with van der Waals surface area (Å²) in [6, 6.07) is 0.123. The standard InChI is InChI=1S/C12H23NO3/c1-8-7-9(14)5-6-10(8)13-11(15)16-12(2,3)4/h8-10,14H,5-7H2,1-4H3,(H,13,15)/t8-,9?,10+/m1/s1. The molecular formula is C12H23NO3. The molecule has 1 fully saturated rings. The van der Waals surface area contributed by atoms with Gasteiger partial charge in [0.05, 0.1) is 6.10 Å². The van der Waals surface area contributed by atoms with Crippen LogP contribution in [-0.4, -0.2) is 28.9 Å². The zero-order valence-corrected chi connectivity index (χ0v) is 10.6. The maximum Gasteiger partial charge on any atom is 0.407 e. The summed E-state index contributed by atoms with van der Waals surface area (Å²) in [6.45, 7) is 7.59. The summed E-state index contributed by atoms with van der Waals surface area (Å²) in [6.07, 6.45) is 1.75. The molecule has 3 atom stereocenters. The van der Waals surface area contributed by atoms with Crippen molar-refractivity contribution in [2.45, 2.75) is 64.7 Å². The van der Waals surface area contributed by atoms with Gasteiger partial charge in [-0.3, -0.25) is 0 Å². The summed E-state index contributed by atoms with van der Waals surface area (Å²) >= 11 is 0. The van der Waals surface area contributed by atoms with Crippen LogP contribution in [0, 0.1) is 5.92 Å². The number of ether oxygens (including phenoxy) is 1. The van der Waals surface area contributed by atoms with Crippen LogP contribution in [0.5, 0.6) is 0 Å². The molecule has 2 N–H and O–H groups in total. The topological polar surface area (TPSA) is 58.6 Å². The van der Waals surface area contributed by atoms with Crippen molar-refractivity contribution in [3.8, 4) is 0 Å². The summed E-state index contributed by atoms with van der Waals surface area (Å²) in [5.74, 6) is 0.302. The van der Waals surface area contributed by atoms with E-state index < -0.39 is 5.60 Å². The van der Waals surface area contributed by atoms with Gasteiger partial charge in [-0.25, -0.2) is 4.79 Å². The van der Waals surface area contributed by atoms with Crippen LogP contribution in [0.3, 0.4) is 0 Å². The van der Waals surface area contributed by atoms with Gasteiger partial charge in [-0.05, 0) is 46.0 Å². The Morgan fingerprint density at radius 1 is 1.38 bits per heavy atom. The van der Waals surface area contributed by atoms with Crippen molar-refractivity contribution in [1.82, 2.24) is 5.32 Å². The van der Waals surface area contributed by atoms with Crippen LogP contribution in [0.4, 0.5) is 4.79 Å². The number of hydrogen-bond acceptors (Lipinski definition) is 3. The molecular weight excluding hydrogens is 206 g/mol. The van der Waals surface area contributed by atoms with Crippen molar-refractivity contribution < 1.29 is 14.6 Å². The van der Waals surface area contributed by atoms with E-state index >= 15 is 0 Å². The molecule has 0 aromatic rings. The van der Waals surface area contributed by atoms with Crippen molar-refractivity contribution >= 4 is 6.09 Å². The van der Waals surface area contributed by atoms with Crippen molar-refractivity contribution in [2.24, 2.45) is 5.92 Å². The lowest BCUT2D eigenvalue weighted by molar-refractivity contribution is 0.0402. The van der Waals surface area contributed by atoms with Crippen LogP contribution in [0.25, 0.3) is 0 Å². The fraction of sp³-hybridized carbons (Fsp3) is 0.917. The van der Waals surface area contributed by atoms with Gasteiger partial charge in [0.1, 0.15) is 5.60 Å². The first-order chi connectivity index (χ1) is 7.28. The lowest BCUT2D eigenvalue weighted by Gasteiger charge is -2.33. The van der Waals surface area contributed by atoms with E-state index in [0.717, 1.165) is 19.3 Å². The minimum absolute atomic E-state index is 0.123. The number of aliphatic hydroxyl groups excluding tert-OH is 1. The number of amides is 1. The van der Waals surface area contributed by atoms with Crippen LogP contribution < -0.4 is 5.32 Å². The second kappa shape index (κ2) is 5.04. The second-order valence-corrected chi connectivity index (χ2v) is 5.70. The molecule has 0 radical (unpaired) electrons. The minimum atomic E-state index is -0.457. The lowest BCUT2D eigenvalue weighted by Crippen LogP contribution is -2.45. The summed E-state index contributed by atoms with van der Waals surface area (Å²) in [4.78, 5) is 11.6. The fourth-order valence-corrected chi connectivity index (χ4v) is 2.04. The number of nitrogens with one attached hydrogen (secondary N) is 1. The van der Waals surface area contributed by atoms with Crippen LogP contribution in [-0.2, 0) is 4.74 Å². The van der Waals surface area contributed by atoms with Gasteiger partial charge in [-0.1, -0.05) is 6.92 Å². The molecule has 0 aromatic heterocycles. The van der Waals surface area contributed by atoms with Crippen LogP contribution in [0.1, 0.15) is 47.0 Å². The summed E-state index contributed by atoms with van der Waals surface area (Å²) < 4.78 is 5.20.